The highest BCUT2D eigenvalue weighted by atomic mass is 35.5. The molecule has 0 unspecified atom stereocenters. The Kier molecular flexibility index (Phi) is 2.99. The molecule has 0 atom stereocenters. The third-order valence-corrected chi connectivity index (χ3v) is 3.56. The Bertz CT molecular complexity index is 653. The number of aryl methyl sites for hydroxylation is 1. The number of hydrogen-bond donors (Lipinski definition) is 0. The van der Waals surface area contributed by atoms with Gasteiger partial charge < -0.3 is 4.74 Å². The first-order valence-corrected chi connectivity index (χ1v) is 6.48. The third kappa shape index (κ3) is 2.00. The Hall–Kier alpha value is -1.87. The molecular weight excluding hydrogens is 262 g/mol. The van der Waals surface area contributed by atoms with Crippen LogP contribution in [0.5, 0.6) is 0 Å². The van der Waals surface area contributed by atoms with E-state index >= 15 is 0 Å². The van der Waals surface area contributed by atoms with E-state index in [9.17, 15) is 4.79 Å². The second kappa shape index (κ2) is 4.67. The van der Waals surface area contributed by atoms with Crippen molar-refractivity contribution in [1.82, 2.24) is 4.98 Å². The number of ether oxygens (including phenoxy) is 1. The van der Waals surface area contributed by atoms with E-state index in [0.29, 0.717) is 18.6 Å². The lowest BCUT2D eigenvalue weighted by Gasteiger charge is -2.21. The summed E-state index contributed by atoms with van der Waals surface area (Å²) in [5.74, 6) is -0.379. The molecule has 19 heavy (non-hydrogen) atoms. The van der Waals surface area contributed by atoms with E-state index in [1.807, 2.05) is 37.3 Å². The molecule has 0 fully saturated rings. The summed E-state index contributed by atoms with van der Waals surface area (Å²) >= 11 is 6.09. The van der Waals surface area contributed by atoms with Crippen LogP contribution in [-0.4, -0.2) is 17.6 Å². The molecule has 96 valence electrons. The molecule has 0 radical (unpaired) electrons. The van der Waals surface area contributed by atoms with Gasteiger partial charge in [0.25, 0.3) is 0 Å². The van der Waals surface area contributed by atoms with Crippen molar-refractivity contribution in [3.05, 3.63) is 52.3 Å². The van der Waals surface area contributed by atoms with Crippen molar-refractivity contribution in [2.75, 3.05) is 6.61 Å². The molecule has 0 N–H and O–H groups in total. The average molecular weight is 274 g/mol. The number of aromatic nitrogens is 1. The number of benzene rings is 1. The number of carbonyl (C=O) groups excluding carboxylic acids is 1. The SMILES string of the molecule is Cc1nc(Cl)c2c(c1-c1ccccc1)CCOC2=O. The van der Waals surface area contributed by atoms with Crippen LogP contribution in [-0.2, 0) is 11.2 Å². The molecule has 0 saturated carbocycles. The molecule has 2 aromatic rings. The monoisotopic (exact) mass is 273 g/mol. The highest BCUT2D eigenvalue weighted by Gasteiger charge is 2.27. The first-order valence-electron chi connectivity index (χ1n) is 6.10. The van der Waals surface area contributed by atoms with Gasteiger partial charge >= 0.3 is 5.97 Å². The molecule has 3 rings (SSSR count). The largest absolute Gasteiger partial charge is 0.462 e. The van der Waals surface area contributed by atoms with Gasteiger partial charge in [-0.1, -0.05) is 41.9 Å². The smallest absolute Gasteiger partial charge is 0.341 e. The van der Waals surface area contributed by atoms with Crippen LogP contribution in [0, 0.1) is 6.92 Å². The Labute approximate surface area is 116 Å². The minimum absolute atomic E-state index is 0.233. The standard InChI is InChI=1S/C15H12ClNO2/c1-9-12(10-5-3-2-4-6-10)11-7-8-19-15(18)13(11)14(16)17-9/h2-6H,7-8H2,1H3. The molecule has 1 aromatic carbocycles. The normalized spacial score (nSPS) is 13.9. The Balaban J connectivity index is 2.31. The van der Waals surface area contributed by atoms with Crippen LogP contribution >= 0.6 is 11.6 Å². The van der Waals surface area contributed by atoms with Crippen LogP contribution in [0.15, 0.2) is 30.3 Å². The zero-order chi connectivity index (χ0) is 13.4. The Morgan fingerprint density at radius 3 is 2.68 bits per heavy atom. The lowest BCUT2D eigenvalue weighted by Crippen LogP contribution is -2.20. The fourth-order valence-electron chi connectivity index (χ4n) is 2.49. The number of nitrogens with zero attached hydrogens (tertiary/aromatic N) is 1. The predicted molar refractivity (Wildman–Crippen MR) is 73.4 cm³/mol. The fourth-order valence-corrected chi connectivity index (χ4v) is 2.81. The van der Waals surface area contributed by atoms with Crippen molar-refractivity contribution in [2.45, 2.75) is 13.3 Å². The second-order valence-electron chi connectivity index (χ2n) is 4.47. The molecule has 1 aliphatic heterocycles. The number of halogens is 1. The predicted octanol–water partition coefficient (Wildman–Crippen LogP) is 3.42. The van der Waals surface area contributed by atoms with E-state index in [1.165, 1.54) is 0 Å². The molecule has 0 aliphatic carbocycles. The molecule has 4 heteroatoms. The number of pyridine rings is 1. The highest BCUT2D eigenvalue weighted by molar-refractivity contribution is 6.32. The van der Waals surface area contributed by atoms with Gasteiger partial charge in [-0.2, -0.15) is 0 Å². The van der Waals surface area contributed by atoms with Crippen molar-refractivity contribution in [1.29, 1.82) is 0 Å². The van der Waals surface area contributed by atoms with E-state index in [0.717, 1.165) is 22.4 Å². The van der Waals surface area contributed by atoms with Crippen molar-refractivity contribution in [3.63, 3.8) is 0 Å². The van der Waals surface area contributed by atoms with Gasteiger partial charge in [0, 0.05) is 17.7 Å². The lowest BCUT2D eigenvalue weighted by molar-refractivity contribution is 0.0480. The van der Waals surface area contributed by atoms with E-state index in [-0.39, 0.29) is 11.1 Å². The molecule has 0 saturated heterocycles. The van der Waals surface area contributed by atoms with Crippen LogP contribution in [0.4, 0.5) is 0 Å². The van der Waals surface area contributed by atoms with Crippen LogP contribution in [0.3, 0.4) is 0 Å². The molecule has 2 heterocycles. The van der Waals surface area contributed by atoms with E-state index in [1.54, 1.807) is 0 Å². The summed E-state index contributed by atoms with van der Waals surface area (Å²) in [6, 6.07) is 9.92. The van der Waals surface area contributed by atoms with Gasteiger partial charge in [0.1, 0.15) is 10.7 Å². The van der Waals surface area contributed by atoms with Gasteiger partial charge in [-0.05, 0) is 18.1 Å². The van der Waals surface area contributed by atoms with Gasteiger partial charge in [0.15, 0.2) is 0 Å². The molecule has 1 aromatic heterocycles. The summed E-state index contributed by atoms with van der Waals surface area (Å²) in [4.78, 5) is 16.1. The molecule has 0 bridgehead atoms. The average Bonchev–Trinajstić information content (AvgIpc) is 2.39. The van der Waals surface area contributed by atoms with E-state index < -0.39 is 0 Å². The number of esters is 1. The fraction of sp³-hybridized carbons (Fsp3) is 0.200. The lowest BCUT2D eigenvalue weighted by atomic mass is 9.92. The van der Waals surface area contributed by atoms with Crippen molar-refractivity contribution in [2.24, 2.45) is 0 Å². The van der Waals surface area contributed by atoms with Gasteiger partial charge in [0.05, 0.1) is 6.61 Å². The number of hydrogen-bond acceptors (Lipinski definition) is 3. The topological polar surface area (TPSA) is 39.2 Å². The minimum atomic E-state index is -0.379. The van der Waals surface area contributed by atoms with Gasteiger partial charge in [0.2, 0.25) is 0 Å². The Morgan fingerprint density at radius 2 is 1.95 bits per heavy atom. The Morgan fingerprint density at radius 1 is 1.21 bits per heavy atom. The van der Waals surface area contributed by atoms with Crippen LogP contribution in [0.25, 0.3) is 11.1 Å². The first-order chi connectivity index (χ1) is 9.18. The molecule has 1 aliphatic rings. The maximum atomic E-state index is 11.9. The zero-order valence-corrected chi connectivity index (χ0v) is 11.2. The van der Waals surface area contributed by atoms with Crippen LogP contribution in [0.2, 0.25) is 5.15 Å². The summed E-state index contributed by atoms with van der Waals surface area (Å²) in [7, 11) is 0. The molecular formula is C15H12ClNO2. The quantitative estimate of drug-likeness (QED) is 0.590. The highest BCUT2D eigenvalue weighted by Crippen LogP contribution is 2.34. The maximum Gasteiger partial charge on any atom is 0.341 e. The minimum Gasteiger partial charge on any atom is -0.462 e. The summed E-state index contributed by atoms with van der Waals surface area (Å²) in [5.41, 5.74) is 4.24. The second-order valence-corrected chi connectivity index (χ2v) is 4.83. The van der Waals surface area contributed by atoms with E-state index in [4.69, 9.17) is 16.3 Å². The van der Waals surface area contributed by atoms with Gasteiger partial charge in [-0.25, -0.2) is 9.78 Å². The summed E-state index contributed by atoms with van der Waals surface area (Å²) in [6.45, 7) is 2.31. The first kappa shape index (κ1) is 12.2. The van der Waals surface area contributed by atoms with Crippen molar-refractivity contribution in [3.8, 4) is 11.1 Å². The number of cyclic esters (lactones) is 1. The van der Waals surface area contributed by atoms with Crippen LogP contribution < -0.4 is 0 Å². The molecule has 0 spiro atoms. The number of carbonyl (C=O) groups is 1. The summed E-state index contributed by atoms with van der Waals surface area (Å²) in [6.07, 6.45) is 0.675. The summed E-state index contributed by atoms with van der Waals surface area (Å²) < 4.78 is 5.05. The molecule has 3 nitrogen and oxygen atoms in total. The number of rotatable bonds is 1. The third-order valence-electron chi connectivity index (χ3n) is 3.29. The van der Waals surface area contributed by atoms with Crippen molar-refractivity contribution >= 4 is 17.6 Å². The summed E-state index contributed by atoms with van der Waals surface area (Å²) in [5, 5.41) is 0.233. The van der Waals surface area contributed by atoms with E-state index in [2.05, 4.69) is 4.98 Å². The van der Waals surface area contributed by atoms with Gasteiger partial charge in [-0.3, -0.25) is 0 Å². The zero-order valence-electron chi connectivity index (χ0n) is 10.4. The van der Waals surface area contributed by atoms with Crippen LogP contribution in [0.1, 0.15) is 21.6 Å². The van der Waals surface area contributed by atoms with Crippen molar-refractivity contribution < 1.29 is 9.53 Å². The maximum absolute atomic E-state index is 11.9. The van der Waals surface area contributed by atoms with Gasteiger partial charge in [-0.15, -0.1) is 0 Å². The number of fused-ring (bicyclic) bond motifs is 1. The molecule has 0 amide bonds.